The van der Waals surface area contributed by atoms with Gasteiger partial charge in [-0.3, -0.25) is 9.59 Å². The number of carbonyl (C=O) groups excluding carboxylic acids is 1. The van der Waals surface area contributed by atoms with Crippen LogP contribution in [0.3, 0.4) is 0 Å². The van der Waals surface area contributed by atoms with Gasteiger partial charge in [0.05, 0.1) is 11.8 Å². The Hall–Kier alpha value is -2.47. The fourth-order valence-electron chi connectivity index (χ4n) is 4.75. The minimum Gasteiger partial charge on any atom is -0.454 e. The van der Waals surface area contributed by atoms with Crippen molar-refractivity contribution in [3.05, 3.63) is 61.5 Å². The minimum atomic E-state index is -0.595. The van der Waals surface area contributed by atoms with Gasteiger partial charge in [0, 0.05) is 4.88 Å². The number of ether oxygens (including phenoxy) is 1. The van der Waals surface area contributed by atoms with Crippen molar-refractivity contribution in [1.29, 1.82) is 0 Å². The molecule has 156 valence electrons. The summed E-state index contributed by atoms with van der Waals surface area (Å²) in [6.45, 7) is 4.01. The van der Waals surface area contributed by atoms with Gasteiger partial charge in [-0.15, -0.1) is 11.3 Å². The van der Waals surface area contributed by atoms with E-state index in [0.717, 1.165) is 53.4 Å². The highest BCUT2D eigenvalue weighted by Gasteiger charge is 2.24. The quantitative estimate of drug-likeness (QED) is 0.631. The fourth-order valence-corrected chi connectivity index (χ4v) is 6.14. The molecule has 0 aliphatic heterocycles. The molecule has 0 saturated heterocycles. The van der Waals surface area contributed by atoms with Crippen LogP contribution in [0.15, 0.2) is 23.0 Å². The van der Waals surface area contributed by atoms with Crippen molar-refractivity contribution < 1.29 is 9.53 Å². The van der Waals surface area contributed by atoms with Crippen LogP contribution in [-0.2, 0) is 41.6 Å². The molecular formula is C24H26N2O3S. The normalized spacial score (nSPS) is 18.8. The van der Waals surface area contributed by atoms with E-state index < -0.39 is 6.10 Å². The standard InChI is InChI=1S/C24H26N2O3S/c1-13-6-9-18-19(10-13)30-24-21(18)23(28)25-22(26-24)14(2)29-20(27)12-15-7-8-16-4-3-5-17(16)11-15/h7-8,11,13-14H,3-6,9-10,12H2,1-2H3,(H,25,26,28)/t13-,14+/m0/s1. The molecular weight excluding hydrogens is 396 g/mol. The van der Waals surface area contributed by atoms with Crippen LogP contribution in [0.4, 0.5) is 0 Å². The zero-order valence-electron chi connectivity index (χ0n) is 17.4. The fraction of sp³-hybridized carbons (Fsp3) is 0.458. The Morgan fingerprint density at radius 3 is 3.00 bits per heavy atom. The first kappa shape index (κ1) is 19.5. The number of esters is 1. The largest absolute Gasteiger partial charge is 0.454 e. The number of hydrogen-bond donors (Lipinski definition) is 1. The van der Waals surface area contributed by atoms with E-state index in [1.54, 1.807) is 18.3 Å². The van der Waals surface area contributed by atoms with E-state index in [4.69, 9.17) is 4.74 Å². The lowest BCUT2D eigenvalue weighted by Crippen LogP contribution is -2.19. The molecule has 1 N–H and O–H groups in total. The first-order valence-electron chi connectivity index (χ1n) is 10.8. The summed E-state index contributed by atoms with van der Waals surface area (Å²) in [5.41, 5.74) is 4.76. The summed E-state index contributed by atoms with van der Waals surface area (Å²) >= 11 is 1.61. The maximum Gasteiger partial charge on any atom is 0.310 e. The number of fused-ring (bicyclic) bond motifs is 4. The van der Waals surface area contributed by atoms with Crippen molar-refractivity contribution >= 4 is 27.5 Å². The van der Waals surface area contributed by atoms with Gasteiger partial charge in [-0.1, -0.05) is 25.1 Å². The van der Waals surface area contributed by atoms with Gasteiger partial charge in [0.2, 0.25) is 0 Å². The molecule has 2 aliphatic rings. The van der Waals surface area contributed by atoms with Gasteiger partial charge < -0.3 is 9.72 Å². The second-order valence-corrected chi connectivity index (χ2v) is 9.83. The zero-order chi connectivity index (χ0) is 20.8. The molecule has 0 saturated carbocycles. The van der Waals surface area contributed by atoms with Gasteiger partial charge in [-0.2, -0.15) is 0 Å². The summed E-state index contributed by atoms with van der Waals surface area (Å²) < 4.78 is 5.62. The summed E-state index contributed by atoms with van der Waals surface area (Å²) in [5.74, 6) is 0.757. The maximum atomic E-state index is 12.8. The summed E-state index contributed by atoms with van der Waals surface area (Å²) in [7, 11) is 0. The predicted molar refractivity (Wildman–Crippen MR) is 118 cm³/mol. The van der Waals surface area contributed by atoms with E-state index in [9.17, 15) is 9.59 Å². The lowest BCUT2D eigenvalue weighted by Gasteiger charge is -2.17. The van der Waals surface area contributed by atoms with Crippen molar-refractivity contribution in [1.82, 2.24) is 9.97 Å². The molecule has 5 rings (SSSR count). The molecule has 6 heteroatoms. The summed E-state index contributed by atoms with van der Waals surface area (Å²) in [6.07, 6.45) is 6.09. The number of carbonyl (C=O) groups is 1. The summed E-state index contributed by atoms with van der Waals surface area (Å²) in [4.78, 5) is 34.8. The highest BCUT2D eigenvalue weighted by molar-refractivity contribution is 7.18. The van der Waals surface area contributed by atoms with Crippen molar-refractivity contribution in [3.8, 4) is 0 Å². The predicted octanol–water partition coefficient (Wildman–Crippen LogP) is 4.45. The number of nitrogens with zero attached hydrogens (tertiary/aromatic N) is 1. The third kappa shape index (κ3) is 3.58. The van der Waals surface area contributed by atoms with E-state index >= 15 is 0 Å². The monoisotopic (exact) mass is 422 g/mol. The van der Waals surface area contributed by atoms with Gasteiger partial charge in [-0.05, 0) is 73.6 Å². The minimum absolute atomic E-state index is 0.122. The van der Waals surface area contributed by atoms with Crippen molar-refractivity contribution in [3.63, 3.8) is 0 Å². The van der Waals surface area contributed by atoms with E-state index in [1.807, 2.05) is 6.07 Å². The van der Waals surface area contributed by atoms with Gasteiger partial charge in [0.1, 0.15) is 4.83 Å². The van der Waals surface area contributed by atoms with Gasteiger partial charge in [0.15, 0.2) is 11.9 Å². The number of aromatic nitrogens is 2. The maximum absolute atomic E-state index is 12.8. The highest BCUT2D eigenvalue weighted by atomic mass is 32.1. The molecule has 0 unspecified atom stereocenters. The molecule has 0 radical (unpaired) electrons. The van der Waals surface area contributed by atoms with Crippen LogP contribution in [0, 0.1) is 5.92 Å². The second kappa shape index (κ2) is 7.65. The number of aryl methyl sites for hydroxylation is 3. The van der Waals surface area contributed by atoms with Crippen LogP contribution in [-0.4, -0.2) is 15.9 Å². The smallest absolute Gasteiger partial charge is 0.310 e. The van der Waals surface area contributed by atoms with Crippen LogP contribution in [0.1, 0.15) is 65.7 Å². The number of thiophene rings is 1. The summed E-state index contributed by atoms with van der Waals surface area (Å²) in [6, 6.07) is 6.26. The van der Waals surface area contributed by atoms with Crippen molar-refractivity contribution in [2.75, 3.05) is 0 Å². The molecule has 2 heterocycles. The average molecular weight is 423 g/mol. The number of H-pyrrole nitrogens is 1. The first-order chi connectivity index (χ1) is 14.5. The number of rotatable bonds is 4. The lowest BCUT2D eigenvalue weighted by molar-refractivity contribution is -0.148. The van der Waals surface area contributed by atoms with E-state index in [0.29, 0.717) is 11.7 Å². The van der Waals surface area contributed by atoms with Crippen LogP contribution in [0.25, 0.3) is 10.2 Å². The molecule has 30 heavy (non-hydrogen) atoms. The molecule has 5 nitrogen and oxygen atoms in total. The highest BCUT2D eigenvalue weighted by Crippen LogP contribution is 2.36. The van der Waals surface area contributed by atoms with Crippen LogP contribution in [0.5, 0.6) is 0 Å². The third-order valence-electron chi connectivity index (χ3n) is 6.39. The van der Waals surface area contributed by atoms with Crippen LogP contribution >= 0.6 is 11.3 Å². The molecule has 0 amide bonds. The van der Waals surface area contributed by atoms with Crippen LogP contribution < -0.4 is 5.56 Å². The number of aromatic amines is 1. The van der Waals surface area contributed by atoms with Crippen LogP contribution in [0.2, 0.25) is 0 Å². The summed E-state index contributed by atoms with van der Waals surface area (Å²) in [5, 5.41) is 0.724. The number of benzene rings is 1. The van der Waals surface area contributed by atoms with Gasteiger partial charge in [0.25, 0.3) is 5.56 Å². The average Bonchev–Trinajstić information content (AvgIpc) is 3.30. The molecule has 2 aliphatic carbocycles. The Bertz CT molecular complexity index is 1190. The van der Waals surface area contributed by atoms with Crippen molar-refractivity contribution in [2.24, 2.45) is 5.92 Å². The topological polar surface area (TPSA) is 72.0 Å². The Balaban J connectivity index is 1.34. The number of hydrogen-bond acceptors (Lipinski definition) is 5. The zero-order valence-corrected chi connectivity index (χ0v) is 18.2. The SMILES string of the molecule is C[C@H]1CCc2c(sc3nc([C@@H](C)OC(=O)Cc4ccc5c(c4)CCC5)[nH]c(=O)c23)C1. The Morgan fingerprint density at radius 2 is 2.13 bits per heavy atom. The van der Waals surface area contributed by atoms with E-state index in [1.165, 1.54) is 22.4 Å². The molecule has 3 aromatic rings. The second-order valence-electron chi connectivity index (χ2n) is 8.75. The lowest BCUT2D eigenvalue weighted by atomic mass is 9.89. The Morgan fingerprint density at radius 1 is 1.30 bits per heavy atom. The molecule has 2 aromatic heterocycles. The molecule has 0 bridgehead atoms. The van der Waals surface area contributed by atoms with Gasteiger partial charge in [-0.25, -0.2) is 4.98 Å². The first-order valence-corrected chi connectivity index (χ1v) is 11.6. The van der Waals surface area contributed by atoms with E-state index in [2.05, 4.69) is 29.0 Å². The molecule has 1 aromatic carbocycles. The molecule has 2 atom stereocenters. The van der Waals surface area contributed by atoms with E-state index in [-0.39, 0.29) is 17.9 Å². The van der Waals surface area contributed by atoms with Gasteiger partial charge >= 0.3 is 5.97 Å². The third-order valence-corrected chi connectivity index (χ3v) is 7.54. The molecule has 0 fully saturated rings. The number of nitrogens with one attached hydrogen (secondary N) is 1. The molecule has 0 spiro atoms. The van der Waals surface area contributed by atoms with Crippen molar-refractivity contribution in [2.45, 2.75) is 64.9 Å². The Labute approximate surface area is 179 Å². The Kier molecular flexibility index (Phi) is 4.97.